The Balaban J connectivity index is 3.34. The van der Waals surface area contributed by atoms with Crippen molar-refractivity contribution in [2.24, 2.45) is 0 Å². The second kappa shape index (κ2) is 4.58. The third-order valence-electron chi connectivity index (χ3n) is 2.57. The van der Waals surface area contributed by atoms with Crippen LogP contribution in [-0.4, -0.2) is 16.9 Å². The van der Waals surface area contributed by atoms with Crippen LogP contribution in [0.2, 0.25) is 0 Å². The van der Waals surface area contributed by atoms with Crippen molar-refractivity contribution in [1.82, 2.24) is 0 Å². The second-order valence-electron chi connectivity index (χ2n) is 3.37. The summed E-state index contributed by atoms with van der Waals surface area (Å²) in [5, 5.41) is 17.9. The standard InChI is InChI=1S/C12H11NO3/c1-2-12(8-13,10(14)11(15)16)9-6-4-3-5-7-9/h3-7H,2H2,1H3,(H,15,16). The van der Waals surface area contributed by atoms with Crippen molar-refractivity contribution in [2.45, 2.75) is 18.8 Å². The van der Waals surface area contributed by atoms with Gasteiger partial charge in [-0.25, -0.2) is 4.79 Å². The van der Waals surface area contributed by atoms with Crippen molar-refractivity contribution in [2.75, 3.05) is 0 Å². The van der Waals surface area contributed by atoms with Crippen LogP contribution >= 0.6 is 0 Å². The maximum absolute atomic E-state index is 11.6. The second-order valence-corrected chi connectivity index (χ2v) is 3.37. The van der Waals surface area contributed by atoms with Gasteiger partial charge in [0.1, 0.15) is 0 Å². The monoisotopic (exact) mass is 217 g/mol. The lowest BCUT2D eigenvalue weighted by Crippen LogP contribution is -2.38. The molecule has 0 fully saturated rings. The highest BCUT2D eigenvalue weighted by atomic mass is 16.4. The number of nitriles is 1. The van der Waals surface area contributed by atoms with E-state index in [-0.39, 0.29) is 6.42 Å². The van der Waals surface area contributed by atoms with Crippen LogP contribution in [0.5, 0.6) is 0 Å². The fraction of sp³-hybridized carbons (Fsp3) is 0.250. The zero-order valence-electron chi connectivity index (χ0n) is 8.80. The predicted molar refractivity (Wildman–Crippen MR) is 56.7 cm³/mol. The van der Waals surface area contributed by atoms with E-state index in [1.165, 1.54) is 0 Å². The fourth-order valence-electron chi connectivity index (χ4n) is 1.60. The summed E-state index contributed by atoms with van der Waals surface area (Å²) in [6, 6.07) is 10.1. The van der Waals surface area contributed by atoms with Crippen LogP contribution in [0.15, 0.2) is 30.3 Å². The minimum Gasteiger partial charge on any atom is -0.475 e. The molecule has 0 aliphatic carbocycles. The Labute approximate surface area is 93.1 Å². The molecule has 82 valence electrons. The molecule has 4 nitrogen and oxygen atoms in total. The molecule has 0 aliphatic rings. The quantitative estimate of drug-likeness (QED) is 0.775. The van der Waals surface area contributed by atoms with Crippen molar-refractivity contribution in [3.8, 4) is 6.07 Å². The minimum absolute atomic E-state index is 0.138. The molecular weight excluding hydrogens is 206 g/mol. The van der Waals surface area contributed by atoms with Crippen LogP contribution in [0.3, 0.4) is 0 Å². The van der Waals surface area contributed by atoms with Crippen molar-refractivity contribution in [3.05, 3.63) is 35.9 Å². The highest BCUT2D eigenvalue weighted by molar-refractivity contribution is 6.37. The Morgan fingerprint density at radius 3 is 2.31 bits per heavy atom. The van der Waals surface area contributed by atoms with Crippen LogP contribution in [0.4, 0.5) is 0 Å². The molecule has 0 saturated heterocycles. The van der Waals surface area contributed by atoms with E-state index >= 15 is 0 Å². The summed E-state index contributed by atoms with van der Waals surface area (Å²) < 4.78 is 0. The molecule has 0 radical (unpaired) electrons. The molecule has 16 heavy (non-hydrogen) atoms. The zero-order chi connectivity index (χ0) is 12.2. The summed E-state index contributed by atoms with van der Waals surface area (Å²) in [4.78, 5) is 22.3. The van der Waals surface area contributed by atoms with Gasteiger partial charge < -0.3 is 5.11 Å². The number of carboxylic acid groups (broad SMARTS) is 1. The Morgan fingerprint density at radius 1 is 1.38 bits per heavy atom. The van der Waals surface area contributed by atoms with Crippen molar-refractivity contribution >= 4 is 11.8 Å². The molecule has 0 bridgehead atoms. The maximum atomic E-state index is 11.6. The topological polar surface area (TPSA) is 78.2 Å². The van der Waals surface area contributed by atoms with Crippen molar-refractivity contribution in [1.29, 1.82) is 5.26 Å². The molecule has 4 heteroatoms. The Kier molecular flexibility index (Phi) is 3.41. The van der Waals surface area contributed by atoms with E-state index in [1.807, 2.05) is 6.07 Å². The van der Waals surface area contributed by atoms with Gasteiger partial charge in [-0.2, -0.15) is 5.26 Å². The number of hydrogen-bond acceptors (Lipinski definition) is 3. The molecule has 0 spiro atoms. The highest BCUT2D eigenvalue weighted by Crippen LogP contribution is 2.28. The first-order valence-corrected chi connectivity index (χ1v) is 4.83. The van der Waals surface area contributed by atoms with E-state index in [0.29, 0.717) is 5.56 Å². The normalized spacial score (nSPS) is 13.5. The molecule has 0 saturated carbocycles. The first kappa shape index (κ1) is 11.9. The highest BCUT2D eigenvalue weighted by Gasteiger charge is 2.42. The Hall–Kier alpha value is -2.15. The van der Waals surface area contributed by atoms with Gasteiger partial charge in [0.05, 0.1) is 6.07 Å². The van der Waals surface area contributed by atoms with Crippen molar-refractivity contribution < 1.29 is 14.7 Å². The third-order valence-corrected chi connectivity index (χ3v) is 2.57. The van der Waals surface area contributed by atoms with Crippen LogP contribution in [0.25, 0.3) is 0 Å². The number of ketones is 1. The Morgan fingerprint density at radius 2 is 1.94 bits per heavy atom. The number of benzene rings is 1. The molecule has 1 rings (SSSR count). The minimum atomic E-state index is -1.58. The van der Waals surface area contributed by atoms with Gasteiger partial charge in [0.15, 0.2) is 5.41 Å². The summed E-state index contributed by atoms with van der Waals surface area (Å²) in [6.45, 7) is 1.62. The van der Waals surface area contributed by atoms with E-state index < -0.39 is 17.2 Å². The van der Waals surface area contributed by atoms with E-state index in [9.17, 15) is 9.59 Å². The van der Waals surface area contributed by atoms with Crippen LogP contribution in [-0.2, 0) is 15.0 Å². The van der Waals surface area contributed by atoms with E-state index in [1.54, 1.807) is 37.3 Å². The summed E-state index contributed by atoms with van der Waals surface area (Å²) in [5.41, 5.74) is -1.15. The molecule has 0 aliphatic heterocycles. The van der Waals surface area contributed by atoms with E-state index in [2.05, 4.69) is 0 Å². The van der Waals surface area contributed by atoms with E-state index in [0.717, 1.165) is 0 Å². The van der Waals surface area contributed by atoms with Gasteiger partial charge >= 0.3 is 5.97 Å². The van der Waals surface area contributed by atoms with Crippen LogP contribution < -0.4 is 0 Å². The molecule has 1 N–H and O–H groups in total. The zero-order valence-corrected chi connectivity index (χ0v) is 8.80. The molecule has 1 unspecified atom stereocenters. The molecule has 0 heterocycles. The lowest BCUT2D eigenvalue weighted by molar-refractivity contribution is -0.151. The summed E-state index contributed by atoms with van der Waals surface area (Å²) in [5.74, 6) is -2.66. The van der Waals surface area contributed by atoms with Gasteiger partial charge in [0.25, 0.3) is 5.78 Å². The van der Waals surface area contributed by atoms with Crippen LogP contribution in [0, 0.1) is 11.3 Å². The molecular formula is C12H11NO3. The first-order valence-electron chi connectivity index (χ1n) is 4.83. The van der Waals surface area contributed by atoms with Crippen molar-refractivity contribution in [3.63, 3.8) is 0 Å². The number of aliphatic carboxylic acids is 1. The lowest BCUT2D eigenvalue weighted by atomic mass is 9.76. The van der Waals surface area contributed by atoms with Gasteiger partial charge in [-0.1, -0.05) is 37.3 Å². The molecule has 0 amide bonds. The molecule has 0 aromatic heterocycles. The van der Waals surface area contributed by atoms with Gasteiger partial charge in [-0.15, -0.1) is 0 Å². The SMILES string of the molecule is CCC(C#N)(C(=O)C(=O)O)c1ccccc1. The summed E-state index contributed by atoms with van der Waals surface area (Å²) in [6.07, 6.45) is 0.138. The summed E-state index contributed by atoms with van der Waals surface area (Å²) in [7, 11) is 0. The van der Waals surface area contributed by atoms with Gasteiger partial charge in [0.2, 0.25) is 0 Å². The molecule has 1 atom stereocenters. The molecule has 1 aromatic rings. The number of rotatable bonds is 4. The number of hydrogen-bond donors (Lipinski definition) is 1. The van der Waals surface area contributed by atoms with Gasteiger partial charge in [0, 0.05) is 0 Å². The largest absolute Gasteiger partial charge is 0.475 e. The Bertz CT molecular complexity index is 447. The first-order chi connectivity index (χ1) is 7.58. The number of Topliss-reactive ketones (excluding diaryl/α,β-unsaturated/α-hetero) is 1. The smallest absolute Gasteiger partial charge is 0.374 e. The average Bonchev–Trinajstić information content (AvgIpc) is 2.32. The number of nitrogens with zero attached hydrogens (tertiary/aromatic N) is 1. The summed E-state index contributed by atoms with van der Waals surface area (Å²) >= 11 is 0. The van der Waals surface area contributed by atoms with Crippen LogP contribution in [0.1, 0.15) is 18.9 Å². The third kappa shape index (κ3) is 1.80. The van der Waals surface area contributed by atoms with Gasteiger partial charge in [-0.05, 0) is 12.0 Å². The maximum Gasteiger partial charge on any atom is 0.374 e. The van der Waals surface area contributed by atoms with Gasteiger partial charge in [-0.3, -0.25) is 4.79 Å². The average molecular weight is 217 g/mol. The number of carboxylic acids is 1. The van der Waals surface area contributed by atoms with E-state index in [4.69, 9.17) is 10.4 Å². The fourth-order valence-corrected chi connectivity index (χ4v) is 1.60. The molecule has 1 aromatic carbocycles. The predicted octanol–water partition coefficient (Wildman–Crippen LogP) is 1.51. The lowest BCUT2D eigenvalue weighted by Gasteiger charge is -2.21. The number of carbonyl (C=O) groups excluding carboxylic acids is 1. The number of carbonyl (C=O) groups is 2.